The van der Waals surface area contributed by atoms with E-state index >= 15 is 0 Å². The molecule has 0 spiro atoms. The van der Waals surface area contributed by atoms with E-state index in [0.29, 0.717) is 0 Å². The standard InChI is InChI=1S/C19H31N5O2/c1-4-14-12-17(21-13-20-14)23-10-7-15(8-11-23)22-18(25)24-9-5-6-16(24)19(2,3)26/h12-13,15-16,26H,4-11H2,1-3H3,(H,22,25). The van der Waals surface area contributed by atoms with Crippen molar-refractivity contribution in [2.45, 2.75) is 70.6 Å². The number of aliphatic hydroxyl groups is 1. The van der Waals surface area contributed by atoms with Crippen molar-refractivity contribution in [1.29, 1.82) is 0 Å². The third-order valence-corrected chi connectivity index (χ3v) is 5.55. The van der Waals surface area contributed by atoms with Crippen LogP contribution < -0.4 is 10.2 Å². The van der Waals surface area contributed by atoms with Gasteiger partial charge in [-0.25, -0.2) is 14.8 Å². The molecule has 0 saturated carbocycles. The van der Waals surface area contributed by atoms with Crippen LogP contribution in [-0.2, 0) is 6.42 Å². The highest BCUT2D eigenvalue weighted by atomic mass is 16.3. The van der Waals surface area contributed by atoms with Gasteiger partial charge in [0.05, 0.1) is 11.6 Å². The maximum Gasteiger partial charge on any atom is 0.317 e. The molecule has 0 aromatic carbocycles. The molecular formula is C19H31N5O2. The number of carbonyl (C=O) groups is 1. The number of urea groups is 1. The molecule has 1 aromatic heterocycles. The molecule has 0 radical (unpaired) electrons. The second-order valence-electron chi connectivity index (χ2n) is 7.94. The maximum absolute atomic E-state index is 12.7. The number of hydrogen-bond donors (Lipinski definition) is 2. The molecule has 7 heteroatoms. The average Bonchev–Trinajstić information content (AvgIpc) is 3.13. The van der Waals surface area contributed by atoms with Crippen LogP contribution in [0.4, 0.5) is 10.6 Å². The largest absolute Gasteiger partial charge is 0.388 e. The molecule has 3 rings (SSSR count). The quantitative estimate of drug-likeness (QED) is 0.857. The summed E-state index contributed by atoms with van der Waals surface area (Å²) in [5, 5.41) is 13.5. The van der Waals surface area contributed by atoms with E-state index in [2.05, 4.69) is 33.2 Å². The summed E-state index contributed by atoms with van der Waals surface area (Å²) in [6, 6.07) is 2.09. The summed E-state index contributed by atoms with van der Waals surface area (Å²) in [6.07, 6.45) is 6.15. The van der Waals surface area contributed by atoms with Crippen molar-refractivity contribution in [2.24, 2.45) is 0 Å². The van der Waals surface area contributed by atoms with Gasteiger partial charge in [0.1, 0.15) is 12.1 Å². The third kappa shape index (κ3) is 4.26. The van der Waals surface area contributed by atoms with Crippen molar-refractivity contribution in [1.82, 2.24) is 20.2 Å². The Morgan fingerprint density at radius 3 is 2.65 bits per heavy atom. The van der Waals surface area contributed by atoms with Crippen LogP contribution in [0.3, 0.4) is 0 Å². The first-order valence-electron chi connectivity index (χ1n) is 9.74. The zero-order chi connectivity index (χ0) is 18.7. The topological polar surface area (TPSA) is 81.6 Å². The number of amides is 2. The van der Waals surface area contributed by atoms with Gasteiger partial charge in [-0.2, -0.15) is 0 Å². The Morgan fingerprint density at radius 2 is 2.00 bits per heavy atom. The lowest BCUT2D eigenvalue weighted by Gasteiger charge is -2.37. The predicted molar refractivity (Wildman–Crippen MR) is 101 cm³/mol. The number of anilines is 1. The molecule has 1 atom stereocenters. The van der Waals surface area contributed by atoms with Crippen LogP contribution in [0, 0.1) is 0 Å². The Kier molecular flexibility index (Phi) is 5.65. The molecule has 2 saturated heterocycles. The van der Waals surface area contributed by atoms with E-state index in [1.165, 1.54) is 0 Å². The van der Waals surface area contributed by atoms with E-state index in [1.807, 2.05) is 4.90 Å². The zero-order valence-corrected chi connectivity index (χ0v) is 16.1. The molecule has 2 fully saturated rings. The van der Waals surface area contributed by atoms with Crippen molar-refractivity contribution in [3.63, 3.8) is 0 Å². The molecule has 2 aliphatic rings. The van der Waals surface area contributed by atoms with Gasteiger partial charge in [-0.3, -0.25) is 0 Å². The summed E-state index contributed by atoms with van der Waals surface area (Å²) in [6.45, 7) is 8.13. The van der Waals surface area contributed by atoms with Gasteiger partial charge >= 0.3 is 6.03 Å². The fraction of sp³-hybridized carbons (Fsp3) is 0.737. The van der Waals surface area contributed by atoms with E-state index in [9.17, 15) is 9.90 Å². The van der Waals surface area contributed by atoms with Crippen LogP contribution in [0.1, 0.15) is 52.1 Å². The number of likely N-dealkylation sites (tertiary alicyclic amines) is 1. The molecule has 2 amide bonds. The van der Waals surface area contributed by atoms with Gasteiger partial charge in [-0.15, -0.1) is 0 Å². The number of rotatable bonds is 4. The summed E-state index contributed by atoms with van der Waals surface area (Å²) in [5.74, 6) is 0.975. The number of hydrogen-bond acceptors (Lipinski definition) is 5. The normalized spacial score (nSPS) is 21.9. The summed E-state index contributed by atoms with van der Waals surface area (Å²) < 4.78 is 0. The number of aryl methyl sites for hydroxylation is 1. The lowest BCUT2D eigenvalue weighted by Crippen LogP contribution is -2.54. The minimum Gasteiger partial charge on any atom is -0.388 e. The molecule has 0 bridgehead atoms. The predicted octanol–water partition coefficient (Wildman–Crippen LogP) is 1.95. The van der Waals surface area contributed by atoms with Crippen molar-refractivity contribution >= 4 is 11.8 Å². The molecule has 7 nitrogen and oxygen atoms in total. The van der Waals surface area contributed by atoms with E-state index < -0.39 is 5.60 Å². The lowest BCUT2D eigenvalue weighted by atomic mass is 9.97. The maximum atomic E-state index is 12.7. The molecule has 2 N–H and O–H groups in total. The van der Waals surface area contributed by atoms with Crippen LogP contribution in [0.15, 0.2) is 12.4 Å². The highest BCUT2D eigenvalue weighted by Crippen LogP contribution is 2.27. The Balaban J connectivity index is 1.53. The summed E-state index contributed by atoms with van der Waals surface area (Å²) in [4.78, 5) is 25.4. The van der Waals surface area contributed by atoms with Crippen molar-refractivity contribution < 1.29 is 9.90 Å². The number of piperidine rings is 1. The third-order valence-electron chi connectivity index (χ3n) is 5.55. The van der Waals surface area contributed by atoms with Crippen molar-refractivity contribution in [3.05, 3.63) is 18.1 Å². The summed E-state index contributed by atoms with van der Waals surface area (Å²) in [5.41, 5.74) is 0.193. The molecular weight excluding hydrogens is 330 g/mol. The summed E-state index contributed by atoms with van der Waals surface area (Å²) in [7, 11) is 0. The van der Waals surface area contributed by atoms with Crippen LogP contribution >= 0.6 is 0 Å². The molecule has 3 heterocycles. The van der Waals surface area contributed by atoms with Gasteiger partial charge in [0.15, 0.2) is 0 Å². The Bertz CT molecular complexity index is 623. The molecule has 26 heavy (non-hydrogen) atoms. The number of aromatic nitrogens is 2. The van der Waals surface area contributed by atoms with Gasteiger partial charge in [-0.1, -0.05) is 6.92 Å². The highest BCUT2D eigenvalue weighted by molar-refractivity contribution is 5.75. The first-order chi connectivity index (χ1) is 12.4. The Hall–Kier alpha value is -1.89. The number of nitrogens with one attached hydrogen (secondary N) is 1. The number of nitrogens with zero attached hydrogens (tertiary/aromatic N) is 4. The Morgan fingerprint density at radius 1 is 1.27 bits per heavy atom. The first-order valence-corrected chi connectivity index (χ1v) is 9.74. The van der Waals surface area contributed by atoms with Gasteiger partial charge in [-0.05, 0) is 46.0 Å². The molecule has 144 valence electrons. The van der Waals surface area contributed by atoms with E-state index in [4.69, 9.17) is 0 Å². The zero-order valence-electron chi connectivity index (χ0n) is 16.1. The number of carbonyl (C=O) groups excluding carboxylic acids is 1. The van der Waals surface area contributed by atoms with Crippen molar-refractivity contribution in [3.8, 4) is 0 Å². The van der Waals surface area contributed by atoms with Gasteiger partial charge < -0.3 is 20.2 Å². The first kappa shape index (κ1) is 18.9. The average molecular weight is 361 g/mol. The van der Waals surface area contributed by atoms with Gasteiger partial charge in [0.25, 0.3) is 0 Å². The fourth-order valence-electron chi connectivity index (χ4n) is 4.01. The minimum absolute atomic E-state index is 0.0385. The SMILES string of the molecule is CCc1cc(N2CCC(NC(=O)N3CCCC3C(C)(C)O)CC2)ncn1. The van der Waals surface area contributed by atoms with Crippen LogP contribution in [0.2, 0.25) is 0 Å². The van der Waals surface area contributed by atoms with Gasteiger partial charge in [0.2, 0.25) is 0 Å². The van der Waals surface area contributed by atoms with E-state index in [1.54, 1.807) is 20.2 Å². The highest BCUT2D eigenvalue weighted by Gasteiger charge is 2.39. The summed E-state index contributed by atoms with van der Waals surface area (Å²) >= 11 is 0. The fourth-order valence-corrected chi connectivity index (χ4v) is 4.01. The minimum atomic E-state index is -0.860. The monoisotopic (exact) mass is 361 g/mol. The van der Waals surface area contributed by atoms with Crippen molar-refractivity contribution in [2.75, 3.05) is 24.5 Å². The smallest absolute Gasteiger partial charge is 0.317 e. The molecule has 0 aliphatic carbocycles. The van der Waals surface area contributed by atoms with Gasteiger partial charge in [0, 0.05) is 37.4 Å². The molecule has 1 aromatic rings. The molecule has 1 unspecified atom stereocenters. The second-order valence-corrected chi connectivity index (χ2v) is 7.94. The van der Waals surface area contributed by atoms with Crippen LogP contribution in [-0.4, -0.2) is 63.3 Å². The second kappa shape index (κ2) is 7.78. The van der Waals surface area contributed by atoms with Crippen LogP contribution in [0.25, 0.3) is 0 Å². The Labute approximate surface area is 155 Å². The van der Waals surface area contributed by atoms with Crippen LogP contribution in [0.5, 0.6) is 0 Å². The van der Waals surface area contributed by atoms with E-state index in [-0.39, 0.29) is 18.1 Å². The molecule has 2 aliphatic heterocycles. The van der Waals surface area contributed by atoms with E-state index in [0.717, 1.165) is 63.3 Å². The lowest BCUT2D eigenvalue weighted by molar-refractivity contribution is 0.00935.